The molecule has 0 saturated heterocycles. The lowest BCUT2D eigenvalue weighted by Crippen LogP contribution is -2.42. The quantitative estimate of drug-likeness (QED) is 0.664. The van der Waals surface area contributed by atoms with Crippen LogP contribution in [-0.2, 0) is 9.59 Å². The first kappa shape index (κ1) is 19.8. The molecule has 7 heteroatoms. The van der Waals surface area contributed by atoms with Crippen molar-refractivity contribution in [2.75, 3.05) is 24.2 Å². The summed E-state index contributed by atoms with van der Waals surface area (Å²) in [5, 5.41) is 7.03. The molecule has 28 heavy (non-hydrogen) atoms. The van der Waals surface area contributed by atoms with Crippen LogP contribution < -0.4 is 10.6 Å². The number of fused-ring (bicyclic) bond motifs is 1. The monoisotopic (exact) mass is 396 g/mol. The minimum Gasteiger partial charge on any atom is -0.374 e. The van der Waals surface area contributed by atoms with E-state index in [4.69, 9.17) is 0 Å². The Morgan fingerprint density at radius 1 is 1.11 bits per heavy atom. The Bertz CT molecular complexity index is 997. The maximum absolute atomic E-state index is 12.6. The van der Waals surface area contributed by atoms with E-state index in [0.29, 0.717) is 0 Å². The first-order chi connectivity index (χ1) is 13.3. The van der Waals surface area contributed by atoms with Crippen molar-refractivity contribution in [2.24, 2.45) is 0 Å². The second kappa shape index (κ2) is 8.39. The number of hydrogen-bond donors (Lipinski definition) is 2. The number of likely N-dealkylation sites (N-methyl/N-ethyl adjacent to an activating group) is 1. The highest BCUT2D eigenvalue weighted by Gasteiger charge is 2.19. The van der Waals surface area contributed by atoms with Crippen LogP contribution in [0.2, 0.25) is 0 Å². The van der Waals surface area contributed by atoms with Crippen LogP contribution in [0.25, 0.3) is 10.2 Å². The lowest BCUT2D eigenvalue weighted by atomic mass is 10.2. The van der Waals surface area contributed by atoms with E-state index < -0.39 is 6.04 Å². The fourth-order valence-electron chi connectivity index (χ4n) is 2.90. The van der Waals surface area contributed by atoms with E-state index in [-0.39, 0.29) is 18.4 Å². The molecule has 0 unspecified atom stereocenters. The number of hydrogen-bond acceptors (Lipinski definition) is 5. The lowest BCUT2D eigenvalue weighted by molar-refractivity contribution is -0.133. The largest absolute Gasteiger partial charge is 0.374 e. The van der Waals surface area contributed by atoms with Gasteiger partial charge in [-0.15, -0.1) is 11.3 Å². The van der Waals surface area contributed by atoms with E-state index >= 15 is 0 Å². The average molecular weight is 397 g/mol. The summed E-state index contributed by atoms with van der Waals surface area (Å²) in [6.45, 7) is 5.74. The molecule has 0 fully saturated rings. The number of carbonyl (C=O) groups excluding carboxylic acids is 2. The molecule has 0 aliphatic heterocycles. The normalized spacial score (nSPS) is 11.9. The van der Waals surface area contributed by atoms with Crippen LogP contribution in [0.4, 0.5) is 11.4 Å². The van der Waals surface area contributed by atoms with Crippen molar-refractivity contribution in [3.8, 4) is 0 Å². The van der Waals surface area contributed by atoms with Crippen molar-refractivity contribution in [3.05, 3.63) is 53.0 Å². The zero-order chi connectivity index (χ0) is 20.3. The Balaban J connectivity index is 1.56. The fourth-order valence-corrected chi connectivity index (χ4v) is 3.77. The summed E-state index contributed by atoms with van der Waals surface area (Å²) in [4.78, 5) is 30.7. The van der Waals surface area contributed by atoms with Gasteiger partial charge in [-0.2, -0.15) is 0 Å². The summed E-state index contributed by atoms with van der Waals surface area (Å²) in [6, 6.07) is 12.9. The average Bonchev–Trinajstić information content (AvgIpc) is 3.02. The minimum atomic E-state index is -0.455. The zero-order valence-corrected chi connectivity index (χ0v) is 17.3. The number of nitrogens with zero attached hydrogens (tertiary/aromatic N) is 2. The van der Waals surface area contributed by atoms with Gasteiger partial charge in [-0.1, -0.05) is 17.7 Å². The first-order valence-electron chi connectivity index (χ1n) is 9.07. The summed E-state index contributed by atoms with van der Waals surface area (Å²) in [5.74, 6) is -0.381. The number of carbonyl (C=O) groups is 2. The van der Waals surface area contributed by atoms with Crippen LogP contribution in [0, 0.1) is 13.8 Å². The Morgan fingerprint density at radius 3 is 2.50 bits per heavy atom. The molecule has 146 valence electrons. The van der Waals surface area contributed by atoms with E-state index in [1.165, 1.54) is 4.90 Å². The highest BCUT2D eigenvalue weighted by Crippen LogP contribution is 2.25. The number of amides is 2. The van der Waals surface area contributed by atoms with Gasteiger partial charge in [0.1, 0.15) is 6.04 Å². The van der Waals surface area contributed by atoms with Gasteiger partial charge in [-0.05, 0) is 51.1 Å². The van der Waals surface area contributed by atoms with Crippen molar-refractivity contribution in [1.82, 2.24) is 9.88 Å². The molecule has 0 radical (unpaired) electrons. The van der Waals surface area contributed by atoms with Crippen LogP contribution in [0.5, 0.6) is 0 Å². The van der Waals surface area contributed by atoms with Gasteiger partial charge in [0.2, 0.25) is 11.8 Å². The molecule has 1 atom stereocenters. The molecule has 1 aromatic heterocycles. The van der Waals surface area contributed by atoms with Gasteiger partial charge in [0.05, 0.1) is 21.8 Å². The van der Waals surface area contributed by atoms with Crippen molar-refractivity contribution >= 4 is 44.7 Å². The highest BCUT2D eigenvalue weighted by atomic mass is 32.1. The Labute approximate surface area is 168 Å². The number of aromatic nitrogens is 1. The minimum absolute atomic E-state index is 0.00813. The van der Waals surface area contributed by atoms with Gasteiger partial charge in [0, 0.05) is 18.4 Å². The predicted octanol–water partition coefficient (Wildman–Crippen LogP) is 3.81. The van der Waals surface area contributed by atoms with E-state index in [1.54, 1.807) is 25.3 Å². The molecule has 0 aliphatic rings. The van der Waals surface area contributed by atoms with Crippen LogP contribution in [-0.4, -0.2) is 41.3 Å². The molecule has 0 spiro atoms. The Kier molecular flexibility index (Phi) is 5.94. The fraction of sp³-hybridized carbons (Fsp3) is 0.286. The number of aryl methyl sites for hydroxylation is 2. The summed E-state index contributed by atoms with van der Waals surface area (Å²) in [5.41, 5.74) is 3.65. The molecule has 3 rings (SSSR count). The van der Waals surface area contributed by atoms with Gasteiger partial charge in [0.15, 0.2) is 0 Å². The standard InChI is InChI=1S/C21H24N4O2S/c1-13-5-7-16(8-6-13)24-20(26)12-25(4)21(27)14(2)22-17-9-10-18-19(11-17)28-15(3)23-18/h5-11,14,22H,12H2,1-4H3,(H,24,26)/t14-/m1/s1. The van der Waals surface area contributed by atoms with Gasteiger partial charge in [-0.3, -0.25) is 9.59 Å². The highest BCUT2D eigenvalue weighted by molar-refractivity contribution is 7.18. The SMILES string of the molecule is Cc1ccc(NC(=O)CN(C)C(=O)[C@@H](C)Nc2ccc3nc(C)sc3c2)cc1. The van der Waals surface area contributed by atoms with Crippen LogP contribution in [0.1, 0.15) is 17.5 Å². The zero-order valence-electron chi connectivity index (χ0n) is 16.4. The van der Waals surface area contributed by atoms with Crippen molar-refractivity contribution in [3.63, 3.8) is 0 Å². The van der Waals surface area contributed by atoms with Gasteiger partial charge >= 0.3 is 0 Å². The summed E-state index contributed by atoms with van der Waals surface area (Å²) in [7, 11) is 1.63. The van der Waals surface area contributed by atoms with Gasteiger partial charge in [-0.25, -0.2) is 4.98 Å². The van der Waals surface area contributed by atoms with Crippen LogP contribution >= 0.6 is 11.3 Å². The second-order valence-corrected chi connectivity index (χ2v) is 8.12. The van der Waals surface area contributed by atoms with Crippen molar-refractivity contribution in [2.45, 2.75) is 26.8 Å². The van der Waals surface area contributed by atoms with E-state index in [9.17, 15) is 9.59 Å². The first-order valence-corrected chi connectivity index (χ1v) is 9.88. The molecule has 0 bridgehead atoms. The van der Waals surface area contributed by atoms with E-state index in [0.717, 1.165) is 32.2 Å². The maximum atomic E-state index is 12.6. The molecular weight excluding hydrogens is 372 g/mol. The molecule has 0 saturated carbocycles. The number of anilines is 2. The van der Waals surface area contributed by atoms with Crippen molar-refractivity contribution < 1.29 is 9.59 Å². The number of nitrogens with one attached hydrogen (secondary N) is 2. The Hall–Kier alpha value is -2.93. The molecule has 2 amide bonds. The molecular formula is C21H24N4O2S. The number of benzene rings is 2. The molecule has 2 aromatic carbocycles. The van der Waals surface area contributed by atoms with Gasteiger partial charge < -0.3 is 15.5 Å². The number of rotatable bonds is 6. The van der Waals surface area contributed by atoms with E-state index in [2.05, 4.69) is 15.6 Å². The smallest absolute Gasteiger partial charge is 0.244 e. The van der Waals surface area contributed by atoms with Crippen LogP contribution in [0.15, 0.2) is 42.5 Å². The third-order valence-electron chi connectivity index (χ3n) is 4.34. The molecule has 1 heterocycles. The second-order valence-electron chi connectivity index (χ2n) is 6.89. The molecule has 3 aromatic rings. The third kappa shape index (κ3) is 4.86. The Morgan fingerprint density at radius 2 is 1.79 bits per heavy atom. The topological polar surface area (TPSA) is 74.3 Å². The maximum Gasteiger partial charge on any atom is 0.244 e. The van der Waals surface area contributed by atoms with Crippen molar-refractivity contribution in [1.29, 1.82) is 0 Å². The summed E-state index contributed by atoms with van der Waals surface area (Å²) >= 11 is 1.62. The summed E-state index contributed by atoms with van der Waals surface area (Å²) < 4.78 is 1.08. The summed E-state index contributed by atoms with van der Waals surface area (Å²) in [6.07, 6.45) is 0. The predicted molar refractivity (Wildman–Crippen MR) is 115 cm³/mol. The third-order valence-corrected chi connectivity index (χ3v) is 5.27. The molecule has 0 aliphatic carbocycles. The number of thiazole rings is 1. The molecule has 2 N–H and O–H groups in total. The van der Waals surface area contributed by atoms with Gasteiger partial charge in [0.25, 0.3) is 0 Å². The van der Waals surface area contributed by atoms with E-state index in [1.807, 2.05) is 56.3 Å². The van der Waals surface area contributed by atoms with Crippen LogP contribution in [0.3, 0.4) is 0 Å². The lowest BCUT2D eigenvalue weighted by Gasteiger charge is -2.22. The molecule has 6 nitrogen and oxygen atoms in total.